The second-order valence-electron chi connectivity index (χ2n) is 6.64. The number of phenolic OH excluding ortho intramolecular Hbond substituents is 1. The summed E-state index contributed by atoms with van der Waals surface area (Å²) in [5.74, 6) is -0.445. The smallest absolute Gasteiger partial charge is 0.292 e. The van der Waals surface area contributed by atoms with Crippen LogP contribution in [-0.2, 0) is 0 Å². The summed E-state index contributed by atoms with van der Waals surface area (Å²) in [6.45, 7) is 3.38. The first kappa shape index (κ1) is 21.3. The van der Waals surface area contributed by atoms with E-state index in [1.165, 1.54) is 26.3 Å². The summed E-state index contributed by atoms with van der Waals surface area (Å²) in [5, 5.41) is 27.1. The first-order chi connectivity index (χ1) is 14.8. The lowest BCUT2D eigenvalue weighted by Gasteiger charge is -2.10. The zero-order chi connectivity index (χ0) is 22.5. The van der Waals surface area contributed by atoms with Gasteiger partial charge in [0, 0.05) is 5.56 Å². The number of carbonyl (C=O) groups excluding carboxylic acids is 1. The summed E-state index contributed by atoms with van der Waals surface area (Å²) in [6, 6.07) is 13.4. The molecule has 9 nitrogen and oxygen atoms in total. The minimum absolute atomic E-state index is 0.0223. The van der Waals surface area contributed by atoms with E-state index < -0.39 is 11.5 Å². The maximum atomic E-state index is 12.7. The van der Waals surface area contributed by atoms with Gasteiger partial charge in [-0.05, 0) is 49.7 Å². The molecule has 156 valence electrons. The third-order valence-electron chi connectivity index (χ3n) is 4.53. The summed E-state index contributed by atoms with van der Waals surface area (Å²) >= 11 is 0. The molecule has 0 radical (unpaired) electrons. The molecule has 1 aromatic heterocycles. The highest BCUT2D eigenvalue weighted by Crippen LogP contribution is 2.25. The Morgan fingerprint density at radius 3 is 2.61 bits per heavy atom. The molecule has 2 aromatic carbocycles. The van der Waals surface area contributed by atoms with Crippen molar-refractivity contribution in [3.05, 3.63) is 80.8 Å². The molecule has 3 rings (SSSR count). The fourth-order valence-corrected chi connectivity index (χ4v) is 2.81. The average molecular weight is 417 g/mol. The molecule has 0 unspecified atom stereocenters. The predicted molar refractivity (Wildman–Crippen MR) is 114 cm³/mol. The van der Waals surface area contributed by atoms with Crippen molar-refractivity contribution >= 4 is 12.1 Å². The number of methoxy groups -OCH3 is 1. The topological polar surface area (TPSA) is 130 Å². The number of hydrazone groups is 1. The van der Waals surface area contributed by atoms with Gasteiger partial charge in [0.05, 0.1) is 19.0 Å². The zero-order valence-corrected chi connectivity index (χ0v) is 17.1. The van der Waals surface area contributed by atoms with Crippen LogP contribution in [0.25, 0.3) is 5.69 Å². The van der Waals surface area contributed by atoms with E-state index in [4.69, 9.17) is 4.74 Å². The summed E-state index contributed by atoms with van der Waals surface area (Å²) in [7, 11) is 1.42. The number of aromatic hydroxyl groups is 1. The van der Waals surface area contributed by atoms with E-state index in [1.54, 1.807) is 36.4 Å². The largest absolute Gasteiger partial charge is 0.504 e. The molecular weight excluding hydrogens is 398 g/mol. The number of nitriles is 1. The molecule has 0 saturated carbocycles. The number of carbonyl (C=O) groups is 1. The van der Waals surface area contributed by atoms with Crippen molar-refractivity contribution in [3.63, 3.8) is 0 Å². The highest BCUT2D eigenvalue weighted by atomic mass is 16.5. The Kier molecular flexibility index (Phi) is 6.12. The van der Waals surface area contributed by atoms with Crippen molar-refractivity contribution in [1.82, 2.24) is 15.2 Å². The Hall–Kier alpha value is -4.45. The number of nitrogens with one attached hydrogen (secondary N) is 1. The van der Waals surface area contributed by atoms with Gasteiger partial charge in [0.2, 0.25) is 0 Å². The third-order valence-corrected chi connectivity index (χ3v) is 4.53. The van der Waals surface area contributed by atoms with E-state index in [0.29, 0.717) is 11.3 Å². The number of hydrogen-bond acceptors (Lipinski definition) is 7. The van der Waals surface area contributed by atoms with Gasteiger partial charge in [0.15, 0.2) is 17.2 Å². The molecule has 0 bridgehead atoms. The maximum absolute atomic E-state index is 12.7. The van der Waals surface area contributed by atoms with Crippen LogP contribution < -0.4 is 15.7 Å². The molecule has 0 aliphatic carbocycles. The minimum atomic E-state index is -0.683. The van der Waals surface area contributed by atoms with Crippen LogP contribution in [0.1, 0.15) is 32.7 Å². The summed E-state index contributed by atoms with van der Waals surface area (Å²) in [6.07, 6.45) is 1.36. The van der Waals surface area contributed by atoms with Gasteiger partial charge in [-0.1, -0.05) is 17.7 Å². The Morgan fingerprint density at radius 2 is 1.97 bits per heavy atom. The van der Waals surface area contributed by atoms with Crippen molar-refractivity contribution in [3.8, 4) is 23.3 Å². The number of aromatic nitrogens is 2. The predicted octanol–water partition coefficient (Wildman–Crippen LogP) is 2.20. The van der Waals surface area contributed by atoms with Crippen molar-refractivity contribution in [2.24, 2.45) is 5.10 Å². The highest BCUT2D eigenvalue weighted by Gasteiger charge is 2.20. The Balaban J connectivity index is 1.93. The number of rotatable bonds is 5. The number of aryl methyl sites for hydroxylation is 1. The summed E-state index contributed by atoms with van der Waals surface area (Å²) < 4.78 is 6.05. The Morgan fingerprint density at radius 1 is 1.26 bits per heavy atom. The monoisotopic (exact) mass is 417 g/mol. The van der Waals surface area contributed by atoms with Gasteiger partial charge in [-0.2, -0.15) is 20.1 Å². The quantitative estimate of drug-likeness (QED) is 0.484. The van der Waals surface area contributed by atoms with E-state index in [9.17, 15) is 20.0 Å². The summed E-state index contributed by atoms with van der Waals surface area (Å²) in [5.41, 5.74) is 3.61. The lowest BCUT2D eigenvalue weighted by atomic mass is 10.1. The minimum Gasteiger partial charge on any atom is -0.504 e. The highest BCUT2D eigenvalue weighted by molar-refractivity contribution is 5.94. The normalized spacial score (nSPS) is 10.6. The first-order valence-electron chi connectivity index (χ1n) is 9.17. The second kappa shape index (κ2) is 8.92. The van der Waals surface area contributed by atoms with Crippen molar-refractivity contribution in [2.45, 2.75) is 13.8 Å². The van der Waals surface area contributed by atoms with Crippen molar-refractivity contribution in [1.29, 1.82) is 5.26 Å². The van der Waals surface area contributed by atoms with Gasteiger partial charge in [-0.3, -0.25) is 9.59 Å². The summed E-state index contributed by atoms with van der Waals surface area (Å²) in [4.78, 5) is 25.3. The molecule has 31 heavy (non-hydrogen) atoms. The number of amides is 1. The van der Waals surface area contributed by atoms with E-state index in [-0.39, 0.29) is 28.3 Å². The van der Waals surface area contributed by atoms with E-state index >= 15 is 0 Å². The molecule has 0 fully saturated rings. The van der Waals surface area contributed by atoms with Crippen LogP contribution >= 0.6 is 0 Å². The molecule has 3 aromatic rings. The fourth-order valence-electron chi connectivity index (χ4n) is 2.81. The average Bonchev–Trinajstić information content (AvgIpc) is 2.76. The zero-order valence-electron chi connectivity index (χ0n) is 17.1. The first-order valence-corrected chi connectivity index (χ1v) is 9.17. The van der Waals surface area contributed by atoms with Gasteiger partial charge in [-0.25, -0.2) is 5.43 Å². The van der Waals surface area contributed by atoms with Gasteiger partial charge in [-0.15, -0.1) is 0 Å². The fraction of sp³-hybridized carbons (Fsp3) is 0.136. The van der Waals surface area contributed by atoms with Gasteiger partial charge < -0.3 is 9.84 Å². The number of nitrogens with zero attached hydrogens (tertiary/aromatic N) is 4. The van der Waals surface area contributed by atoms with Gasteiger partial charge >= 0.3 is 0 Å². The van der Waals surface area contributed by atoms with E-state index in [2.05, 4.69) is 15.6 Å². The third kappa shape index (κ3) is 4.43. The maximum Gasteiger partial charge on any atom is 0.292 e. The van der Waals surface area contributed by atoms with Gasteiger partial charge in [0.25, 0.3) is 11.5 Å². The molecule has 9 heteroatoms. The van der Waals surface area contributed by atoms with Crippen LogP contribution in [0, 0.1) is 25.2 Å². The number of phenols is 1. The molecule has 0 spiro atoms. The second-order valence-corrected chi connectivity index (χ2v) is 6.64. The van der Waals surface area contributed by atoms with Crippen LogP contribution in [0.15, 0.2) is 52.4 Å². The lowest BCUT2D eigenvalue weighted by Crippen LogP contribution is -2.31. The molecule has 0 aliphatic heterocycles. The van der Waals surface area contributed by atoms with E-state index in [0.717, 1.165) is 10.2 Å². The van der Waals surface area contributed by atoms with Crippen LogP contribution in [0.5, 0.6) is 11.5 Å². The standard InChI is InChI=1S/C22H19N5O4/c1-13-4-7-16(8-5-13)27-22(30)17(11-23)14(2)20(26-27)21(29)25-24-12-15-6-9-18(28)19(10-15)31-3/h4-10,12,28H,1-3H3,(H,25,29)/b24-12+. The lowest BCUT2D eigenvalue weighted by molar-refractivity contribution is 0.0947. The molecular formula is C22H19N5O4. The Labute approximate surface area is 177 Å². The van der Waals surface area contributed by atoms with Crippen molar-refractivity contribution < 1.29 is 14.6 Å². The molecule has 1 amide bonds. The Bertz CT molecular complexity index is 1270. The molecule has 1 heterocycles. The van der Waals surface area contributed by atoms with Crippen LogP contribution in [-0.4, -0.2) is 34.1 Å². The van der Waals surface area contributed by atoms with Gasteiger partial charge in [0.1, 0.15) is 11.6 Å². The number of hydrogen-bond donors (Lipinski definition) is 2. The van der Waals surface area contributed by atoms with Crippen LogP contribution in [0.3, 0.4) is 0 Å². The molecule has 2 N–H and O–H groups in total. The van der Waals surface area contributed by atoms with Crippen molar-refractivity contribution in [2.75, 3.05) is 7.11 Å². The van der Waals surface area contributed by atoms with Crippen LogP contribution in [0.2, 0.25) is 0 Å². The van der Waals surface area contributed by atoms with Crippen LogP contribution in [0.4, 0.5) is 0 Å². The van der Waals surface area contributed by atoms with E-state index in [1.807, 2.05) is 13.0 Å². The molecule has 0 atom stereocenters. The number of ether oxygens (including phenoxy) is 1. The SMILES string of the molecule is COc1cc(/C=N/NC(=O)c2nn(-c3ccc(C)cc3)c(=O)c(C#N)c2C)ccc1O. The molecule has 0 saturated heterocycles. The molecule has 0 aliphatic rings. The number of benzene rings is 2.